The summed E-state index contributed by atoms with van der Waals surface area (Å²) in [5.74, 6) is 0. The number of benzene rings is 1. The van der Waals surface area contributed by atoms with Crippen molar-refractivity contribution in [3.63, 3.8) is 0 Å². The Morgan fingerprint density at radius 2 is 1.73 bits per heavy atom. The Morgan fingerprint density at radius 3 is 2.20 bits per heavy atom. The summed E-state index contributed by atoms with van der Waals surface area (Å²) in [7, 11) is 0. The molecule has 4 heteroatoms. The van der Waals surface area contributed by atoms with E-state index in [2.05, 4.69) is 4.99 Å². The molecule has 0 N–H and O–H groups in total. The lowest BCUT2D eigenvalue weighted by atomic mass is 10.1. The molecular formula is C11H10F3N. The molecule has 0 atom stereocenters. The van der Waals surface area contributed by atoms with Crippen molar-refractivity contribution in [3.05, 3.63) is 35.4 Å². The van der Waals surface area contributed by atoms with Crippen LogP contribution in [0.2, 0.25) is 0 Å². The summed E-state index contributed by atoms with van der Waals surface area (Å²) in [5, 5.41) is 0. The van der Waals surface area contributed by atoms with Gasteiger partial charge >= 0.3 is 6.18 Å². The quantitative estimate of drug-likeness (QED) is 0.678. The first-order valence-electron chi connectivity index (χ1n) is 4.78. The normalized spacial score (nSPS) is 16.6. The van der Waals surface area contributed by atoms with Gasteiger partial charge in [0.25, 0.3) is 0 Å². The van der Waals surface area contributed by atoms with E-state index in [9.17, 15) is 13.2 Å². The van der Waals surface area contributed by atoms with Crippen LogP contribution in [0.5, 0.6) is 0 Å². The molecule has 0 fully saturated rings. The van der Waals surface area contributed by atoms with Gasteiger partial charge in [0.05, 0.1) is 5.56 Å². The number of rotatable bonds is 1. The highest BCUT2D eigenvalue weighted by atomic mass is 19.4. The van der Waals surface area contributed by atoms with Gasteiger partial charge in [-0.15, -0.1) is 0 Å². The van der Waals surface area contributed by atoms with E-state index >= 15 is 0 Å². The van der Waals surface area contributed by atoms with Crippen LogP contribution >= 0.6 is 0 Å². The second-order valence-electron chi connectivity index (χ2n) is 3.51. The first-order valence-corrected chi connectivity index (χ1v) is 4.78. The van der Waals surface area contributed by atoms with Crippen LogP contribution in [-0.4, -0.2) is 12.3 Å². The summed E-state index contributed by atoms with van der Waals surface area (Å²) in [4.78, 5) is 4.23. The Morgan fingerprint density at radius 1 is 1.07 bits per heavy atom. The maximum Gasteiger partial charge on any atom is 0.416 e. The lowest BCUT2D eigenvalue weighted by Gasteiger charge is -2.07. The molecule has 0 spiro atoms. The molecule has 0 saturated heterocycles. The highest BCUT2D eigenvalue weighted by molar-refractivity contribution is 6.01. The molecule has 1 aromatic carbocycles. The fourth-order valence-electron chi connectivity index (χ4n) is 1.63. The Labute approximate surface area is 85.6 Å². The topological polar surface area (TPSA) is 12.4 Å². The molecule has 80 valence electrons. The predicted molar refractivity (Wildman–Crippen MR) is 52.1 cm³/mol. The van der Waals surface area contributed by atoms with E-state index in [4.69, 9.17) is 0 Å². The smallest absolute Gasteiger partial charge is 0.289 e. The summed E-state index contributed by atoms with van der Waals surface area (Å²) in [6.07, 6.45) is -2.39. The number of alkyl halides is 3. The molecule has 0 unspecified atom stereocenters. The number of hydrogen-bond donors (Lipinski definition) is 0. The molecule has 1 aliphatic heterocycles. The average molecular weight is 213 g/mol. The van der Waals surface area contributed by atoms with Gasteiger partial charge < -0.3 is 0 Å². The van der Waals surface area contributed by atoms with Crippen LogP contribution in [0, 0.1) is 0 Å². The Kier molecular flexibility index (Phi) is 2.50. The third-order valence-electron chi connectivity index (χ3n) is 2.42. The monoisotopic (exact) mass is 213 g/mol. The molecule has 15 heavy (non-hydrogen) atoms. The molecule has 0 amide bonds. The highest BCUT2D eigenvalue weighted by Crippen LogP contribution is 2.29. The van der Waals surface area contributed by atoms with E-state index < -0.39 is 11.7 Å². The van der Waals surface area contributed by atoms with Crippen molar-refractivity contribution < 1.29 is 13.2 Å². The van der Waals surface area contributed by atoms with Crippen LogP contribution in [0.25, 0.3) is 0 Å². The molecule has 2 rings (SSSR count). The van der Waals surface area contributed by atoms with Gasteiger partial charge in [-0.1, -0.05) is 12.1 Å². The third kappa shape index (κ3) is 2.19. The second-order valence-corrected chi connectivity index (χ2v) is 3.51. The van der Waals surface area contributed by atoms with Crippen LogP contribution in [0.3, 0.4) is 0 Å². The summed E-state index contributed by atoms with van der Waals surface area (Å²) in [5.41, 5.74) is 1.12. The molecule has 1 aliphatic rings. The van der Waals surface area contributed by atoms with Crippen molar-refractivity contribution in [2.75, 3.05) is 6.54 Å². The van der Waals surface area contributed by atoms with Gasteiger partial charge in [0.15, 0.2) is 0 Å². The largest absolute Gasteiger partial charge is 0.416 e. The number of hydrogen-bond acceptors (Lipinski definition) is 1. The fraction of sp³-hybridized carbons (Fsp3) is 0.364. The van der Waals surface area contributed by atoms with Crippen LogP contribution in [0.4, 0.5) is 13.2 Å². The summed E-state index contributed by atoms with van der Waals surface area (Å²) < 4.78 is 36.8. The molecular weight excluding hydrogens is 203 g/mol. The van der Waals surface area contributed by atoms with E-state index in [1.165, 1.54) is 12.1 Å². The molecule has 1 nitrogen and oxygen atoms in total. The molecule has 0 aliphatic carbocycles. The maximum absolute atomic E-state index is 12.3. The van der Waals surface area contributed by atoms with Crippen molar-refractivity contribution in [2.45, 2.75) is 19.0 Å². The number of aliphatic imine (C=N–C) groups is 1. The zero-order chi connectivity index (χ0) is 10.9. The average Bonchev–Trinajstić information content (AvgIpc) is 2.69. The van der Waals surface area contributed by atoms with Gasteiger partial charge in [-0.25, -0.2) is 0 Å². The SMILES string of the molecule is FC(F)(F)c1ccc(C2=NCCC2)cc1. The van der Waals surface area contributed by atoms with Crippen LogP contribution in [0.1, 0.15) is 24.0 Å². The number of halogens is 3. The number of nitrogens with zero attached hydrogens (tertiary/aromatic N) is 1. The van der Waals surface area contributed by atoms with Gasteiger partial charge in [-0.05, 0) is 30.5 Å². The third-order valence-corrected chi connectivity index (χ3v) is 2.42. The van der Waals surface area contributed by atoms with Crippen molar-refractivity contribution in [3.8, 4) is 0 Å². The van der Waals surface area contributed by atoms with E-state index in [0.29, 0.717) is 0 Å². The molecule has 0 bridgehead atoms. The Hall–Kier alpha value is -1.32. The molecule has 1 aromatic rings. The van der Waals surface area contributed by atoms with Crippen molar-refractivity contribution in [2.24, 2.45) is 4.99 Å². The van der Waals surface area contributed by atoms with E-state index in [0.717, 1.165) is 42.8 Å². The highest BCUT2D eigenvalue weighted by Gasteiger charge is 2.30. The van der Waals surface area contributed by atoms with E-state index in [-0.39, 0.29) is 0 Å². The van der Waals surface area contributed by atoms with Gasteiger partial charge in [0, 0.05) is 12.3 Å². The van der Waals surface area contributed by atoms with Crippen molar-refractivity contribution in [1.29, 1.82) is 0 Å². The van der Waals surface area contributed by atoms with Gasteiger partial charge in [-0.3, -0.25) is 4.99 Å². The minimum absolute atomic E-state index is 0.607. The molecule has 1 heterocycles. The van der Waals surface area contributed by atoms with Gasteiger partial charge in [-0.2, -0.15) is 13.2 Å². The maximum atomic E-state index is 12.3. The van der Waals surface area contributed by atoms with Gasteiger partial charge in [0.2, 0.25) is 0 Å². The Bertz CT molecular complexity index is 376. The fourth-order valence-corrected chi connectivity index (χ4v) is 1.63. The van der Waals surface area contributed by atoms with Crippen LogP contribution < -0.4 is 0 Å². The molecule has 0 radical (unpaired) electrons. The van der Waals surface area contributed by atoms with E-state index in [1.807, 2.05) is 0 Å². The lowest BCUT2D eigenvalue weighted by molar-refractivity contribution is -0.137. The van der Waals surface area contributed by atoms with Crippen molar-refractivity contribution in [1.82, 2.24) is 0 Å². The minimum atomic E-state index is -4.25. The summed E-state index contributed by atoms with van der Waals surface area (Å²) >= 11 is 0. The van der Waals surface area contributed by atoms with E-state index in [1.54, 1.807) is 0 Å². The molecule has 0 saturated carbocycles. The van der Waals surface area contributed by atoms with Crippen LogP contribution in [0.15, 0.2) is 29.3 Å². The van der Waals surface area contributed by atoms with Crippen LogP contribution in [-0.2, 0) is 6.18 Å². The predicted octanol–water partition coefficient (Wildman–Crippen LogP) is 3.29. The van der Waals surface area contributed by atoms with Crippen molar-refractivity contribution >= 4 is 5.71 Å². The standard InChI is InChI=1S/C11H10F3N/c12-11(13,14)9-5-3-8(4-6-9)10-2-1-7-15-10/h3-6H,1-2,7H2. The minimum Gasteiger partial charge on any atom is -0.289 e. The van der Waals surface area contributed by atoms with Gasteiger partial charge in [0.1, 0.15) is 0 Å². The lowest BCUT2D eigenvalue weighted by Crippen LogP contribution is -2.05. The zero-order valence-electron chi connectivity index (χ0n) is 8.01. The summed E-state index contributed by atoms with van der Waals surface area (Å²) in [6.45, 7) is 0.788. The first kappa shape index (κ1) is 10.2. The molecule has 0 aromatic heterocycles. The zero-order valence-corrected chi connectivity index (χ0v) is 8.01. The Balaban J connectivity index is 2.24. The first-order chi connectivity index (χ1) is 7.07. The second kappa shape index (κ2) is 3.68. The summed E-state index contributed by atoms with van der Waals surface area (Å²) in [6, 6.07) is 5.20.